The number of H-pyrrole nitrogens is 2. The van der Waals surface area contributed by atoms with Gasteiger partial charge < -0.3 is 10.5 Å². The number of benzene rings is 1. The fourth-order valence-corrected chi connectivity index (χ4v) is 1.96. The van der Waals surface area contributed by atoms with Crippen molar-refractivity contribution in [2.45, 2.75) is 6.61 Å². The van der Waals surface area contributed by atoms with Crippen LogP contribution in [0, 0.1) is 0 Å². The zero-order chi connectivity index (χ0) is 14.8. The van der Waals surface area contributed by atoms with E-state index in [4.69, 9.17) is 5.73 Å². The van der Waals surface area contributed by atoms with Crippen LogP contribution in [0.4, 0.5) is 14.6 Å². The third-order valence-electron chi connectivity index (χ3n) is 2.83. The second-order valence-electron chi connectivity index (χ2n) is 4.12. The van der Waals surface area contributed by atoms with Gasteiger partial charge >= 0.3 is 6.61 Å². The van der Waals surface area contributed by atoms with Gasteiger partial charge in [-0.3, -0.25) is 5.10 Å². The van der Waals surface area contributed by atoms with Crippen molar-refractivity contribution in [1.82, 2.24) is 25.6 Å². The van der Waals surface area contributed by atoms with Crippen LogP contribution in [-0.2, 0) is 0 Å². The van der Waals surface area contributed by atoms with Crippen molar-refractivity contribution in [3.8, 4) is 28.3 Å². The fourth-order valence-electron chi connectivity index (χ4n) is 1.96. The lowest BCUT2D eigenvalue weighted by Gasteiger charge is -2.06. The van der Waals surface area contributed by atoms with Crippen molar-refractivity contribution >= 4 is 5.82 Å². The Hall–Kier alpha value is -2.97. The van der Waals surface area contributed by atoms with Crippen LogP contribution in [-0.4, -0.2) is 32.2 Å². The van der Waals surface area contributed by atoms with E-state index in [1.807, 2.05) is 0 Å². The van der Waals surface area contributed by atoms with Crippen LogP contribution in [0.25, 0.3) is 22.5 Å². The number of nitrogens with two attached hydrogens (primary N) is 1. The molecule has 21 heavy (non-hydrogen) atoms. The summed E-state index contributed by atoms with van der Waals surface area (Å²) in [6, 6.07) is 6.09. The minimum atomic E-state index is -2.86. The maximum absolute atomic E-state index is 12.1. The molecule has 0 saturated carbocycles. The van der Waals surface area contributed by atoms with Gasteiger partial charge in [0.25, 0.3) is 0 Å². The topological polar surface area (TPSA) is 106 Å². The van der Waals surface area contributed by atoms with Gasteiger partial charge in [0, 0.05) is 0 Å². The second-order valence-corrected chi connectivity index (χ2v) is 4.12. The summed E-state index contributed by atoms with van der Waals surface area (Å²) in [6.07, 6.45) is 1.52. The van der Waals surface area contributed by atoms with Gasteiger partial charge in [0.05, 0.1) is 17.5 Å². The van der Waals surface area contributed by atoms with E-state index in [-0.39, 0.29) is 11.6 Å². The van der Waals surface area contributed by atoms with Gasteiger partial charge in [-0.2, -0.15) is 29.3 Å². The summed E-state index contributed by atoms with van der Waals surface area (Å²) in [5.41, 5.74) is 8.29. The number of rotatable bonds is 4. The van der Waals surface area contributed by atoms with Crippen molar-refractivity contribution in [1.29, 1.82) is 0 Å². The Bertz CT molecular complexity index is 723. The molecule has 108 valence electrons. The molecule has 3 rings (SSSR count). The van der Waals surface area contributed by atoms with Gasteiger partial charge in [-0.1, -0.05) is 12.1 Å². The van der Waals surface area contributed by atoms with Crippen LogP contribution >= 0.6 is 0 Å². The molecule has 0 atom stereocenters. The molecule has 0 fully saturated rings. The van der Waals surface area contributed by atoms with E-state index >= 15 is 0 Å². The molecular weight excluding hydrogens is 282 g/mol. The lowest BCUT2D eigenvalue weighted by molar-refractivity contribution is -0.0498. The Kier molecular flexibility index (Phi) is 3.22. The maximum Gasteiger partial charge on any atom is 0.387 e. The Morgan fingerprint density at radius 2 is 1.90 bits per heavy atom. The highest BCUT2D eigenvalue weighted by atomic mass is 19.3. The van der Waals surface area contributed by atoms with E-state index in [1.165, 1.54) is 18.3 Å². The normalized spacial score (nSPS) is 11.0. The molecule has 0 bridgehead atoms. The zero-order valence-corrected chi connectivity index (χ0v) is 10.5. The van der Waals surface area contributed by atoms with Crippen molar-refractivity contribution in [3.05, 3.63) is 30.5 Å². The maximum atomic E-state index is 12.1. The van der Waals surface area contributed by atoms with Crippen molar-refractivity contribution in [3.63, 3.8) is 0 Å². The molecule has 0 spiro atoms. The van der Waals surface area contributed by atoms with Crippen molar-refractivity contribution in [2.24, 2.45) is 0 Å². The van der Waals surface area contributed by atoms with Crippen LogP contribution in [0.5, 0.6) is 5.75 Å². The number of nitrogens with one attached hydrogen (secondary N) is 2. The molecular formula is C12H10F2N6O. The SMILES string of the molecule is Nc1n[nH]c(-c2cn[nH]n2)c1-c1ccc(OC(F)F)cc1. The molecule has 0 aliphatic carbocycles. The Labute approximate surface area is 117 Å². The molecule has 4 N–H and O–H groups in total. The molecule has 7 nitrogen and oxygen atoms in total. The highest BCUT2D eigenvalue weighted by molar-refractivity contribution is 5.86. The van der Waals surface area contributed by atoms with Crippen LogP contribution in [0.1, 0.15) is 0 Å². The lowest BCUT2D eigenvalue weighted by atomic mass is 10.0. The third-order valence-corrected chi connectivity index (χ3v) is 2.83. The summed E-state index contributed by atoms with van der Waals surface area (Å²) in [7, 11) is 0. The first-order chi connectivity index (χ1) is 10.1. The summed E-state index contributed by atoms with van der Waals surface area (Å²) in [4.78, 5) is 0. The summed E-state index contributed by atoms with van der Waals surface area (Å²) in [5.74, 6) is 0.342. The monoisotopic (exact) mass is 292 g/mol. The number of nitrogen functional groups attached to an aromatic ring is 1. The summed E-state index contributed by atoms with van der Waals surface area (Å²) >= 11 is 0. The average Bonchev–Trinajstić information content (AvgIpc) is 3.08. The fraction of sp³-hybridized carbons (Fsp3) is 0.0833. The number of nitrogens with zero attached hydrogens (tertiary/aromatic N) is 3. The number of hydrogen-bond donors (Lipinski definition) is 3. The predicted molar refractivity (Wildman–Crippen MR) is 70.4 cm³/mol. The molecule has 0 unspecified atom stereocenters. The number of anilines is 1. The van der Waals surface area contributed by atoms with Crippen LogP contribution < -0.4 is 10.5 Å². The average molecular weight is 292 g/mol. The molecule has 1 aromatic carbocycles. The number of ether oxygens (including phenoxy) is 1. The van der Waals surface area contributed by atoms with E-state index < -0.39 is 6.61 Å². The molecule has 0 aliphatic heterocycles. The molecule has 0 radical (unpaired) electrons. The quantitative estimate of drug-likeness (QED) is 0.682. The highest BCUT2D eigenvalue weighted by Crippen LogP contribution is 2.34. The molecule has 0 saturated heterocycles. The van der Waals surface area contributed by atoms with Gasteiger partial charge in [-0.25, -0.2) is 0 Å². The van der Waals surface area contributed by atoms with Gasteiger partial charge in [0.15, 0.2) is 5.82 Å². The van der Waals surface area contributed by atoms with E-state index in [9.17, 15) is 8.78 Å². The zero-order valence-electron chi connectivity index (χ0n) is 10.5. The first-order valence-electron chi connectivity index (χ1n) is 5.90. The largest absolute Gasteiger partial charge is 0.435 e. The van der Waals surface area contributed by atoms with E-state index in [0.29, 0.717) is 22.5 Å². The van der Waals surface area contributed by atoms with E-state index in [0.717, 1.165) is 0 Å². The van der Waals surface area contributed by atoms with Crippen molar-refractivity contribution in [2.75, 3.05) is 5.73 Å². The molecule has 0 aliphatic rings. The van der Waals surface area contributed by atoms with Crippen LogP contribution in [0.15, 0.2) is 30.5 Å². The number of hydrogen-bond acceptors (Lipinski definition) is 5. The smallest absolute Gasteiger partial charge is 0.387 e. The first kappa shape index (κ1) is 13.0. The Balaban J connectivity index is 1.99. The molecule has 9 heteroatoms. The standard InChI is InChI=1S/C12H10F2N6O/c13-12(14)21-7-3-1-6(2-4-7)9-10(18-19-11(9)15)8-5-16-20-17-8/h1-5,12H,(H3,15,18,19)(H,16,17,20). The van der Waals surface area contributed by atoms with Crippen LogP contribution in [0.3, 0.4) is 0 Å². The summed E-state index contributed by atoms with van der Waals surface area (Å²) in [5, 5.41) is 16.9. The van der Waals surface area contributed by atoms with Gasteiger partial charge in [0.1, 0.15) is 11.4 Å². The van der Waals surface area contributed by atoms with E-state index in [2.05, 4.69) is 30.3 Å². The number of halogens is 2. The minimum Gasteiger partial charge on any atom is -0.435 e. The van der Waals surface area contributed by atoms with Crippen molar-refractivity contribution < 1.29 is 13.5 Å². The Morgan fingerprint density at radius 3 is 2.52 bits per heavy atom. The summed E-state index contributed by atoms with van der Waals surface area (Å²) < 4.78 is 28.6. The molecule has 2 heterocycles. The lowest BCUT2D eigenvalue weighted by Crippen LogP contribution is -2.01. The van der Waals surface area contributed by atoms with Gasteiger partial charge in [-0.05, 0) is 17.7 Å². The first-order valence-corrected chi connectivity index (χ1v) is 5.90. The third kappa shape index (κ3) is 2.53. The number of alkyl halides is 2. The van der Waals surface area contributed by atoms with Crippen LogP contribution in [0.2, 0.25) is 0 Å². The number of aromatic amines is 2. The Morgan fingerprint density at radius 1 is 1.14 bits per heavy atom. The molecule has 3 aromatic rings. The van der Waals surface area contributed by atoms with Gasteiger partial charge in [-0.15, -0.1) is 0 Å². The second kappa shape index (κ2) is 5.19. The predicted octanol–water partition coefficient (Wildman–Crippen LogP) is 2.05. The molecule has 0 amide bonds. The minimum absolute atomic E-state index is 0.0683. The number of aromatic nitrogens is 5. The summed E-state index contributed by atoms with van der Waals surface area (Å²) in [6.45, 7) is -2.86. The molecule has 2 aromatic heterocycles. The van der Waals surface area contributed by atoms with E-state index in [1.54, 1.807) is 12.1 Å². The van der Waals surface area contributed by atoms with Gasteiger partial charge in [0.2, 0.25) is 0 Å². The highest BCUT2D eigenvalue weighted by Gasteiger charge is 2.16.